The molecule has 2 aromatic carbocycles. The fourth-order valence-corrected chi connectivity index (χ4v) is 7.03. The highest BCUT2D eigenvalue weighted by molar-refractivity contribution is 5.95. The minimum atomic E-state index is -0.417. The number of nitro benzene ring substituents is 1. The van der Waals surface area contributed by atoms with Crippen LogP contribution in [0.15, 0.2) is 97.4 Å². The summed E-state index contributed by atoms with van der Waals surface area (Å²) in [7, 11) is 0. The molecule has 6 heterocycles. The van der Waals surface area contributed by atoms with E-state index in [1.165, 1.54) is 23.8 Å². The van der Waals surface area contributed by atoms with E-state index in [0.29, 0.717) is 69.9 Å². The Bertz CT molecular complexity index is 2380. The number of nitrogens with two attached hydrogens (primary N) is 1. The van der Waals surface area contributed by atoms with Crippen LogP contribution in [0.25, 0.3) is 23.3 Å². The summed E-state index contributed by atoms with van der Waals surface area (Å²) in [5.74, 6) is 1.08. The van der Waals surface area contributed by atoms with E-state index in [9.17, 15) is 29.3 Å². The molecule has 294 valence electrons. The summed E-state index contributed by atoms with van der Waals surface area (Å²) in [6.07, 6.45) is 17.8. The Morgan fingerprint density at radius 3 is 1.53 bits per heavy atom. The predicted molar refractivity (Wildman–Crippen MR) is 223 cm³/mol. The van der Waals surface area contributed by atoms with Crippen molar-refractivity contribution in [3.63, 3.8) is 0 Å². The number of pyridine rings is 2. The van der Waals surface area contributed by atoms with Crippen LogP contribution in [-0.4, -0.2) is 74.5 Å². The van der Waals surface area contributed by atoms with Crippen molar-refractivity contribution in [2.24, 2.45) is 0 Å². The lowest BCUT2D eigenvalue weighted by Gasteiger charge is -2.25. The number of aromatic nitrogens is 2. The first kappa shape index (κ1) is 39.0. The molecule has 0 atom stereocenters. The van der Waals surface area contributed by atoms with Crippen molar-refractivity contribution in [2.45, 2.75) is 38.5 Å². The van der Waals surface area contributed by atoms with Gasteiger partial charge in [0.1, 0.15) is 11.6 Å². The number of hydrogen-bond donors (Lipinski definition) is 3. The number of amides is 4. The zero-order valence-electron chi connectivity index (χ0n) is 31.7. The van der Waals surface area contributed by atoms with Crippen LogP contribution < -0.4 is 16.4 Å². The maximum absolute atomic E-state index is 12.5. The Morgan fingerprint density at radius 2 is 1.12 bits per heavy atom. The highest BCUT2D eigenvalue weighted by atomic mass is 16.6. The molecule has 0 saturated carbocycles. The number of nitrogen functional groups attached to an aromatic ring is 1. The fourth-order valence-electron chi connectivity index (χ4n) is 7.03. The summed E-state index contributed by atoms with van der Waals surface area (Å²) >= 11 is 0. The van der Waals surface area contributed by atoms with Crippen molar-refractivity contribution in [1.82, 2.24) is 19.8 Å². The zero-order valence-corrected chi connectivity index (χ0v) is 31.7. The second kappa shape index (κ2) is 17.7. The van der Waals surface area contributed by atoms with Gasteiger partial charge in [-0.2, -0.15) is 0 Å². The van der Waals surface area contributed by atoms with Crippen molar-refractivity contribution >= 4 is 69.9 Å². The Kier molecular flexibility index (Phi) is 11.9. The quantitative estimate of drug-likeness (QED) is 0.0863. The van der Waals surface area contributed by atoms with Crippen LogP contribution in [-0.2, 0) is 32.0 Å². The van der Waals surface area contributed by atoms with Gasteiger partial charge in [-0.1, -0.05) is 24.3 Å². The number of nitrogens with one attached hydrogen (secondary N) is 2. The fraction of sp³-hybridized carbons (Fsp3) is 0.227. The number of carbonyl (C=O) groups excluding carboxylic acids is 4. The minimum absolute atomic E-state index is 0.00466. The number of non-ortho nitro benzene ring substituents is 1. The first-order chi connectivity index (χ1) is 28.1. The Balaban J connectivity index is 0.000000177. The topological polar surface area (TPSA) is 194 Å². The smallest absolute Gasteiger partial charge is 0.269 e. The van der Waals surface area contributed by atoms with E-state index in [1.807, 2.05) is 47.4 Å². The monoisotopic (exact) mass is 778 g/mol. The number of rotatable bonds is 7. The van der Waals surface area contributed by atoms with Crippen LogP contribution in [0.3, 0.4) is 0 Å². The van der Waals surface area contributed by atoms with Gasteiger partial charge in [0, 0.05) is 81.4 Å². The first-order valence-electron chi connectivity index (χ1n) is 19.1. The van der Waals surface area contributed by atoms with Crippen molar-refractivity contribution in [1.29, 1.82) is 0 Å². The highest BCUT2D eigenvalue weighted by Gasteiger charge is 2.20. The van der Waals surface area contributed by atoms with E-state index < -0.39 is 4.92 Å². The lowest BCUT2D eigenvalue weighted by Crippen LogP contribution is -2.33. The van der Waals surface area contributed by atoms with Gasteiger partial charge in [0.05, 0.1) is 4.92 Å². The van der Waals surface area contributed by atoms with Gasteiger partial charge in [0.25, 0.3) is 5.69 Å². The molecule has 0 bridgehead atoms. The third-order valence-electron chi connectivity index (χ3n) is 10.3. The molecule has 4 aliphatic rings. The van der Waals surface area contributed by atoms with Crippen LogP contribution in [0.5, 0.6) is 0 Å². The van der Waals surface area contributed by atoms with E-state index in [2.05, 4.69) is 26.7 Å². The maximum atomic E-state index is 12.5. The molecular formula is C44H42N8O6. The number of nitrogens with zero attached hydrogens (tertiary/aromatic N) is 5. The number of anilines is 3. The van der Waals surface area contributed by atoms with E-state index in [1.54, 1.807) is 47.7 Å². The van der Waals surface area contributed by atoms with Crippen molar-refractivity contribution in [3.05, 3.63) is 141 Å². The first-order valence-corrected chi connectivity index (χ1v) is 19.1. The minimum Gasteiger partial charge on any atom is -0.399 e. The summed E-state index contributed by atoms with van der Waals surface area (Å²) in [4.78, 5) is 70.3. The molecule has 8 rings (SSSR count). The lowest BCUT2D eigenvalue weighted by atomic mass is 9.99. The Morgan fingerprint density at radius 1 is 0.672 bits per heavy atom. The summed E-state index contributed by atoms with van der Waals surface area (Å²) in [5.41, 5.74) is 14.6. The number of carbonyl (C=O) groups is 4. The lowest BCUT2D eigenvalue weighted by molar-refractivity contribution is -0.384. The highest BCUT2D eigenvalue weighted by Crippen LogP contribution is 2.27. The summed E-state index contributed by atoms with van der Waals surface area (Å²) in [5, 5.41) is 16.3. The van der Waals surface area contributed by atoms with Gasteiger partial charge in [0.15, 0.2) is 0 Å². The molecule has 0 radical (unpaired) electrons. The van der Waals surface area contributed by atoms with E-state index in [-0.39, 0.29) is 29.3 Å². The molecule has 4 N–H and O–H groups in total. The molecule has 14 heteroatoms. The van der Waals surface area contributed by atoms with Gasteiger partial charge < -0.3 is 26.2 Å². The summed E-state index contributed by atoms with van der Waals surface area (Å²) in [6, 6.07) is 18.2. The predicted octanol–water partition coefficient (Wildman–Crippen LogP) is 6.08. The molecule has 58 heavy (non-hydrogen) atoms. The van der Waals surface area contributed by atoms with Crippen molar-refractivity contribution in [3.8, 4) is 0 Å². The molecule has 0 aliphatic carbocycles. The van der Waals surface area contributed by atoms with Gasteiger partial charge in [-0.05, 0) is 119 Å². The molecule has 0 unspecified atom stereocenters. The summed E-state index contributed by atoms with van der Waals surface area (Å²) in [6.45, 7) is 2.36. The average Bonchev–Trinajstić information content (AvgIpc) is 3.25. The number of hydrogen-bond acceptors (Lipinski definition) is 9. The van der Waals surface area contributed by atoms with Gasteiger partial charge >= 0.3 is 0 Å². The third-order valence-corrected chi connectivity index (χ3v) is 10.3. The second-order valence-electron chi connectivity index (χ2n) is 14.3. The van der Waals surface area contributed by atoms with Crippen LogP contribution in [0.4, 0.5) is 23.0 Å². The zero-order chi connectivity index (χ0) is 40.6. The molecule has 4 amide bonds. The molecule has 0 fully saturated rings. The number of nitro groups is 1. The van der Waals surface area contributed by atoms with E-state index in [0.717, 1.165) is 51.1 Å². The molecule has 2 aromatic heterocycles. The molecule has 4 aromatic rings. The summed E-state index contributed by atoms with van der Waals surface area (Å²) < 4.78 is 0. The third kappa shape index (κ3) is 9.77. The van der Waals surface area contributed by atoms with Crippen molar-refractivity contribution < 1.29 is 24.1 Å². The molecule has 14 nitrogen and oxygen atoms in total. The second-order valence-corrected chi connectivity index (χ2v) is 14.3. The van der Waals surface area contributed by atoms with E-state index >= 15 is 0 Å². The SMILES string of the molecule is Nc1ccc(C2=CCN(C(=O)/C=C/c3cnc4c(c3)CCC(=O)N4)CC2)cc1.O=C1CCc2cc(/C=C/C(=O)N3CC=C(c4ccc([N+](=O)[O-])cc4)CC3)cnc2N1. The Hall–Kier alpha value is -7.22. The molecular weight excluding hydrogens is 737 g/mol. The Labute approximate surface area is 335 Å². The van der Waals surface area contributed by atoms with Crippen LogP contribution in [0.2, 0.25) is 0 Å². The number of fused-ring (bicyclic) bond motifs is 2. The molecule has 0 saturated heterocycles. The molecule has 4 aliphatic heterocycles. The standard InChI is InChI=1S/C22H20N4O4.C22H22N4O2/c27-20-7-4-18-13-15(14-23-22(18)24-20)1-8-21(28)25-11-9-17(10-12-25)16-2-5-19(6-3-16)26(29)30;23-19-5-2-16(3-6-19)17-9-11-26(12-10-17)21(28)8-1-15-13-18-4-7-20(27)25-22(18)24-14-15/h1-3,5-6,8-9,13-14H,4,7,10-12H2,(H,23,24,27);1-3,5-6,8-9,13-14H,4,7,10-12,23H2,(H,24,25,27)/b2*8-1+. The van der Waals surface area contributed by atoms with Crippen molar-refractivity contribution in [2.75, 3.05) is 42.5 Å². The van der Waals surface area contributed by atoms with Gasteiger partial charge in [-0.25, -0.2) is 9.97 Å². The van der Waals surface area contributed by atoms with Crippen LogP contribution >= 0.6 is 0 Å². The molecule has 0 spiro atoms. The van der Waals surface area contributed by atoms with E-state index in [4.69, 9.17) is 5.73 Å². The normalized spacial score (nSPS) is 16.3. The van der Waals surface area contributed by atoms with Crippen LogP contribution in [0.1, 0.15) is 59.1 Å². The van der Waals surface area contributed by atoms with Crippen LogP contribution in [0, 0.1) is 10.1 Å². The van der Waals surface area contributed by atoms with Gasteiger partial charge in [0.2, 0.25) is 23.6 Å². The van der Waals surface area contributed by atoms with Gasteiger partial charge in [-0.15, -0.1) is 0 Å². The number of aryl methyl sites for hydroxylation is 2. The largest absolute Gasteiger partial charge is 0.399 e. The average molecular weight is 779 g/mol. The maximum Gasteiger partial charge on any atom is 0.269 e. The van der Waals surface area contributed by atoms with Gasteiger partial charge in [-0.3, -0.25) is 29.3 Å². The number of benzene rings is 2.